The molecule has 0 aliphatic carbocycles. The number of nitrogens with zero attached hydrogens (tertiary/aromatic N) is 1. The number of aromatic nitrogens is 1. The summed E-state index contributed by atoms with van der Waals surface area (Å²) in [6.07, 6.45) is 0.590. The zero-order valence-electron chi connectivity index (χ0n) is 23.9. The SMILES string of the molecule is CNC(=O)[C@@H]1Cc2c([nH]c3ccccc23)CN1C(=O)[C@@H](Cc1ccccc1Br)NC(=O)c1cccc(-c2ccccc2Cl)c1. The molecule has 2 heterocycles. The highest BCUT2D eigenvalue weighted by atomic mass is 79.9. The van der Waals surface area contributed by atoms with E-state index in [0.29, 0.717) is 17.0 Å². The largest absolute Gasteiger partial charge is 0.357 e. The van der Waals surface area contributed by atoms with Crippen molar-refractivity contribution in [2.75, 3.05) is 7.05 Å². The number of hydrogen-bond acceptors (Lipinski definition) is 3. The lowest BCUT2D eigenvalue weighted by atomic mass is 9.94. The van der Waals surface area contributed by atoms with Gasteiger partial charge < -0.3 is 20.5 Å². The zero-order valence-corrected chi connectivity index (χ0v) is 26.3. The number of nitrogens with one attached hydrogen (secondary N) is 3. The van der Waals surface area contributed by atoms with Crippen LogP contribution in [0.1, 0.15) is 27.2 Å². The third-order valence-electron chi connectivity index (χ3n) is 8.13. The van der Waals surface area contributed by atoms with E-state index in [2.05, 4.69) is 31.5 Å². The lowest BCUT2D eigenvalue weighted by Gasteiger charge is -2.37. The molecule has 6 rings (SSSR count). The average molecular weight is 670 g/mol. The number of H-pyrrole nitrogens is 1. The van der Waals surface area contributed by atoms with Crippen LogP contribution in [0.15, 0.2) is 102 Å². The van der Waals surface area contributed by atoms with Crippen LogP contribution < -0.4 is 10.6 Å². The molecule has 0 fully saturated rings. The number of para-hydroxylation sites is 1. The molecular weight excluding hydrogens is 640 g/mol. The monoisotopic (exact) mass is 668 g/mol. The minimum atomic E-state index is -0.941. The van der Waals surface area contributed by atoms with E-state index in [-0.39, 0.29) is 24.8 Å². The van der Waals surface area contributed by atoms with Crippen LogP contribution >= 0.6 is 27.5 Å². The van der Waals surface area contributed by atoms with E-state index >= 15 is 0 Å². The minimum Gasteiger partial charge on any atom is -0.357 e. The Bertz CT molecular complexity index is 1890. The van der Waals surface area contributed by atoms with E-state index in [4.69, 9.17) is 11.6 Å². The van der Waals surface area contributed by atoms with E-state index in [0.717, 1.165) is 43.3 Å². The fourth-order valence-corrected chi connectivity index (χ4v) is 6.58. The molecular formula is C35H30BrClN4O3. The fourth-order valence-electron chi connectivity index (χ4n) is 5.89. The van der Waals surface area contributed by atoms with Crippen LogP contribution in [-0.2, 0) is 29.0 Å². The summed E-state index contributed by atoms with van der Waals surface area (Å²) < 4.78 is 0.826. The molecule has 0 unspecified atom stereocenters. The molecule has 1 aliphatic rings. The third-order valence-corrected chi connectivity index (χ3v) is 9.23. The highest BCUT2D eigenvalue weighted by molar-refractivity contribution is 9.10. The summed E-state index contributed by atoms with van der Waals surface area (Å²) in [4.78, 5) is 46.4. The smallest absolute Gasteiger partial charge is 0.251 e. The highest BCUT2D eigenvalue weighted by Gasteiger charge is 2.39. The number of aromatic amines is 1. The molecule has 3 amide bonds. The summed E-state index contributed by atoms with van der Waals surface area (Å²) in [5, 5.41) is 7.35. The second kappa shape index (κ2) is 12.7. The van der Waals surface area contributed by atoms with Crippen LogP contribution in [-0.4, -0.2) is 46.7 Å². The van der Waals surface area contributed by atoms with Crippen molar-refractivity contribution in [3.63, 3.8) is 0 Å². The molecule has 0 bridgehead atoms. The Morgan fingerprint density at radius 3 is 2.52 bits per heavy atom. The van der Waals surface area contributed by atoms with E-state index < -0.39 is 18.0 Å². The van der Waals surface area contributed by atoms with Crippen molar-refractivity contribution in [2.24, 2.45) is 0 Å². The second-order valence-electron chi connectivity index (χ2n) is 10.8. The molecule has 0 spiro atoms. The van der Waals surface area contributed by atoms with Crippen LogP contribution in [0.5, 0.6) is 0 Å². The van der Waals surface area contributed by atoms with Crippen molar-refractivity contribution in [3.05, 3.63) is 129 Å². The molecule has 3 N–H and O–H groups in total. The number of halogens is 2. The standard InChI is InChI=1S/C35H30BrClN4O3/c1-38-34(43)32-19-26-25-13-4-7-16-29(25)39-31(26)20-41(32)35(44)30(18-22-9-2-5-14-27(22)36)40-33(42)23-11-8-10-21(17-23)24-12-3-6-15-28(24)37/h2-17,30,32,39H,18-20H2,1H3,(H,38,43)(H,40,42)/t30-,32+/m1/s1. The Balaban J connectivity index is 1.34. The summed E-state index contributed by atoms with van der Waals surface area (Å²) in [5.41, 5.74) is 5.72. The Morgan fingerprint density at radius 1 is 0.977 bits per heavy atom. The summed E-state index contributed by atoms with van der Waals surface area (Å²) in [6.45, 7) is 0.214. The number of carbonyl (C=O) groups excluding carboxylic acids is 3. The maximum atomic E-state index is 14.5. The number of rotatable bonds is 7. The molecule has 0 saturated carbocycles. The van der Waals surface area contributed by atoms with Gasteiger partial charge in [-0.15, -0.1) is 0 Å². The summed E-state index contributed by atoms with van der Waals surface area (Å²) in [6, 6.07) is 28.4. The van der Waals surface area contributed by atoms with Crippen LogP contribution in [0.25, 0.3) is 22.0 Å². The average Bonchev–Trinajstić information content (AvgIpc) is 3.42. The predicted molar refractivity (Wildman–Crippen MR) is 176 cm³/mol. The number of benzene rings is 4. The lowest BCUT2D eigenvalue weighted by Crippen LogP contribution is -2.57. The number of likely N-dealkylation sites (N-methyl/N-ethyl adjacent to an activating group) is 1. The molecule has 7 nitrogen and oxygen atoms in total. The van der Waals surface area contributed by atoms with Crippen molar-refractivity contribution in [3.8, 4) is 11.1 Å². The molecule has 4 aromatic carbocycles. The van der Waals surface area contributed by atoms with Crippen LogP contribution in [0.4, 0.5) is 0 Å². The van der Waals surface area contributed by atoms with Gasteiger partial charge in [0.15, 0.2) is 0 Å². The van der Waals surface area contributed by atoms with Gasteiger partial charge in [-0.3, -0.25) is 14.4 Å². The van der Waals surface area contributed by atoms with Gasteiger partial charge in [-0.05, 0) is 47.0 Å². The van der Waals surface area contributed by atoms with Gasteiger partial charge in [0.1, 0.15) is 12.1 Å². The lowest BCUT2D eigenvalue weighted by molar-refractivity contribution is -0.143. The quantitative estimate of drug-likeness (QED) is 0.190. The van der Waals surface area contributed by atoms with Gasteiger partial charge in [0.05, 0.1) is 6.54 Å². The number of fused-ring (bicyclic) bond motifs is 3. The van der Waals surface area contributed by atoms with Gasteiger partial charge >= 0.3 is 0 Å². The summed E-state index contributed by atoms with van der Waals surface area (Å²) in [7, 11) is 1.57. The first-order chi connectivity index (χ1) is 21.3. The van der Waals surface area contributed by atoms with Gasteiger partial charge in [0.25, 0.3) is 5.91 Å². The molecule has 5 aromatic rings. The van der Waals surface area contributed by atoms with Crippen molar-refractivity contribution in [1.82, 2.24) is 20.5 Å². The van der Waals surface area contributed by atoms with Crippen molar-refractivity contribution >= 4 is 56.2 Å². The number of amides is 3. The topological polar surface area (TPSA) is 94.3 Å². The minimum absolute atomic E-state index is 0.214. The maximum absolute atomic E-state index is 14.5. The van der Waals surface area contributed by atoms with Crippen LogP contribution in [0.3, 0.4) is 0 Å². The van der Waals surface area contributed by atoms with Gasteiger partial charge in [0, 0.05) is 57.1 Å². The van der Waals surface area contributed by atoms with Crippen LogP contribution in [0.2, 0.25) is 5.02 Å². The molecule has 0 radical (unpaired) electrons. The van der Waals surface area contributed by atoms with Gasteiger partial charge in [-0.25, -0.2) is 0 Å². The molecule has 2 atom stereocenters. The summed E-state index contributed by atoms with van der Waals surface area (Å²) >= 11 is 10.0. The van der Waals surface area contributed by atoms with Gasteiger partial charge in [-0.1, -0.05) is 94.3 Å². The number of carbonyl (C=O) groups is 3. The van der Waals surface area contributed by atoms with E-state index in [1.807, 2.05) is 72.8 Å². The molecule has 0 saturated heterocycles. The highest BCUT2D eigenvalue weighted by Crippen LogP contribution is 2.32. The Hall–Kier alpha value is -4.40. The predicted octanol–water partition coefficient (Wildman–Crippen LogP) is 6.29. The molecule has 1 aromatic heterocycles. The van der Waals surface area contributed by atoms with Crippen molar-refractivity contribution < 1.29 is 14.4 Å². The number of hydrogen-bond donors (Lipinski definition) is 3. The molecule has 222 valence electrons. The second-order valence-corrected chi connectivity index (χ2v) is 12.1. The van der Waals surface area contributed by atoms with Gasteiger partial charge in [-0.2, -0.15) is 0 Å². The van der Waals surface area contributed by atoms with E-state index in [1.54, 1.807) is 36.2 Å². The van der Waals surface area contributed by atoms with E-state index in [1.165, 1.54) is 0 Å². The normalized spacial score (nSPS) is 15.0. The third kappa shape index (κ3) is 5.87. The molecule has 1 aliphatic heterocycles. The van der Waals surface area contributed by atoms with Gasteiger partial charge in [0.2, 0.25) is 11.8 Å². The van der Waals surface area contributed by atoms with Crippen molar-refractivity contribution in [1.29, 1.82) is 0 Å². The Morgan fingerprint density at radius 2 is 1.73 bits per heavy atom. The fraction of sp³-hybridized carbons (Fsp3) is 0.171. The Kier molecular flexibility index (Phi) is 8.55. The van der Waals surface area contributed by atoms with E-state index in [9.17, 15) is 14.4 Å². The van der Waals surface area contributed by atoms with Crippen LogP contribution in [0, 0.1) is 0 Å². The first kappa shape index (κ1) is 29.7. The zero-order chi connectivity index (χ0) is 30.8. The Labute approximate surface area is 268 Å². The first-order valence-electron chi connectivity index (χ1n) is 14.3. The first-order valence-corrected chi connectivity index (χ1v) is 15.5. The molecule has 44 heavy (non-hydrogen) atoms. The summed E-state index contributed by atoms with van der Waals surface area (Å²) in [5.74, 6) is -0.994. The maximum Gasteiger partial charge on any atom is 0.251 e. The van der Waals surface area contributed by atoms with Crippen molar-refractivity contribution in [2.45, 2.75) is 31.5 Å². The molecule has 9 heteroatoms.